The van der Waals surface area contributed by atoms with Crippen LogP contribution in [0.3, 0.4) is 0 Å². The molecule has 3 N–H and O–H groups in total. The summed E-state index contributed by atoms with van der Waals surface area (Å²) in [5.74, 6) is 0.152. The minimum Gasteiger partial charge on any atom is -0.383 e. The maximum absolute atomic E-state index is 7.52. The van der Waals surface area contributed by atoms with E-state index in [0.29, 0.717) is 0 Å². The van der Waals surface area contributed by atoms with Crippen molar-refractivity contribution >= 4 is 45.7 Å². The number of thiophene rings is 1. The van der Waals surface area contributed by atoms with E-state index in [0.717, 1.165) is 11.3 Å². The van der Waals surface area contributed by atoms with Crippen molar-refractivity contribution < 1.29 is 0 Å². The number of hydrogen-bond acceptors (Lipinski definition) is 2. The van der Waals surface area contributed by atoms with Crippen molar-refractivity contribution in [2.75, 3.05) is 0 Å². The molecule has 2 nitrogen and oxygen atoms in total. The van der Waals surface area contributed by atoms with Crippen molar-refractivity contribution in [1.29, 1.82) is 5.41 Å². The second-order valence-corrected chi connectivity index (χ2v) is 5.77. The SMILES string of the molecule is CCCCCC=Cc1cccc2sc(C(=N)N)cc12.Cl. The zero-order chi connectivity index (χ0) is 13.7. The Labute approximate surface area is 130 Å². The van der Waals surface area contributed by atoms with Crippen molar-refractivity contribution in [2.45, 2.75) is 32.6 Å². The van der Waals surface area contributed by atoms with Gasteiger partial charge in [-0.05, 0) is 30.5 Å². The molecule has 108 valence electrons. The lowest BCUT2D eigenvalue weighted by Crippen LogP contribution is -2.08. The summed E-state index contributed by atoms with van der Waals surface area (Å²) in [6.45, 7) is 2.22. The normalized spacial score (nSPS) is 10.8. The minimum absolute atomic E-state index is 0. The highest BCUT2D eigenvalue weighted by Crippen LogP contribution is 2.29. The van der Waals surface area contributed by atoms with Gasteiger partial charge in [0.15, 0.2) is 0 Å². The lowest BCUT2D eigenvalue weighted by molar-refractivity contribution is 0.730. The van der Waals surface area contributed by atoms with Crippen LogP contribution < -0.4 is 5.73 Å². The summed E-state index contributed by atoms with van der Waals surface area (Å²) in [6, 6.07) is 8.29. The summed E-state index contributed by atoms with van der Waals surface area (Å²) in [7, 11) is 0. The Balaban J connectivity index is 0.00000200. The Morgan fingerprint density at radius 3 is 2.85 bits per heavy atom. The van der Waals surface area contributed by atoms with E-state index >= 15 is 0 Å². The van der Waals surface area contributed by atoms with E-state index in [4.69, 9.17) is 11.1 Å². The van der Waals surface area contributed by atoms with Gasteiger partial charge in [-0.3, -0.25) is 5.41 Å². The Morgan fingerprint density at radius 1 is 1.35 bits per heavy atom. The zero-order valence-electron chi connectivity index (χ0n) is 11.7. The van der Waals surface area contributed by atoms with Gasteiger partial charge in [0.05, 0.1) is 4.88 Å². The van der Waals surface area contributed by atoms with Crippen molar-refractivity contribution in [3.8, 4) is 0 Å². The van der Waals surface area contributed by atoms with Gasteiger partial charge in [-0.15, -0.1) is 23.7 Å². The molecule has 0 bridgehead atoms. The third-order valence-corrected chi connectivity index (χ3v) is 4.27. The largest absolute Gasteiger partial charge is 0.383 e. The summed E-state index contributed by atoms with van der Waals surface area (Å²) in [5, 5.41) is 8.72. The number of amidine groups is 1. The lowest BCUT2D eigenvalue weighted by atomic mass is 10.1. The first-order valence-electron chi connectivity index (χ1n) is 6.76. The summed E-state index contributed by atoms with van der Waals surface area (Å²) in [5.41, 5.74) is 6.78. The molecule has 0 saturated carbocycles. The van der Waals surface area contributed by atoms with Crippen LogP contribution in [0.1, 0.15) is 43.0 Å². The van der Waals surface area contributed by atoms with Crippen LogP contribution >= 0.6 is 23.7 Å². The fraction of sp³-hybridized carbons (Fsp3) is 0.312. The van der Waals surface area contributed by atoms with Gasteiger partial charge >= 0.3 is 0 Å². The number of nitrogens with two attached hydrogens (primary N) is 1. The third kappa shape index (κ3) is 4.09. The van der Waals surface area contributed by atoms with Crippen LogP contribution in [0, 0.1) is 5.41 Å². The summed E-state index contributed by atoms with van der Waals surface area (Å²) in [6.07, 6.45) is 9.38. The predicted molar refractivity (Wildman–Crippen MR) is 93.3 cm³/mol. The van der Waals surface area contributed by atoms with Crippen molar-refractivity contribution in [3.05, 3.63) is 40.8 Å². The van der Waals surface area contributed by atoms with E-state index in [-0.39, 0.29) is 18.2 Å². The second-order valence-electron chi connectivity index (χ2n) is 4.68. The van der Waals surface area contributed by atoms with Gasteiger partial charge in [-0.2, -0.15) is 0 Å². The molecule has 0 atom stereocenters. The number of nitrogens with one attached hydrogen (secondary N) is 1. The van der Waals surface area contributed by atoms with Crippen LogP contribution in [0.25, 0.3) is 16.2 Å². The average molecular weight is 309 g/mol. The highest BCUT2D eigenvalue weighted by molar-refractivity contribution is 7.20. The standard InChI is InChI=1S/C16H20N2S.ClH/c1-2-3-4-5-6-8-12-9-7-10-14-13(12)11-15(19-14)16(17)18;/h6-11H,2-5H2,1H3,(H3,17,18);1H. The topological polar surface area (TPSA) is 49.9 Å². The molecule has 0 amide bonds. The van der Waals surface area contributed by atoms with Crippen LogP contribution in [-0.2, 0) is 0 Å². The number of allylic oxidation sites excluding steroid dienone is 1. The molecular weight excluding hydrogens is 288 g/mol. The van der Waals surface area contributed by atoms with Crippen molar-refractivity contribution in [1.82, 2.24) is 0 Å². The molecule has 0 saturated heterocycles. The van der Waals surface area contributed by atoms with E-state index in [1.807, 2.05) is 6.07 Å². The van der Waals surface area contributed by atoms with Crippen LogP contribution in [0.2, 0.25) is 0 Å². The van der Waals surface area contributed by atoms with E-state index in [9.17, 15) is 0 Å². The minimum atomic E-state index is 0. The molecule has 0 spiro atoms. The van der Waals surface area contributed by atoms with Crippen LogP contribution in [0.15, 0.2) is 30.3 Å². The third-order valence-electron chi connectivity index (χ3n) is 3.13. The lowest BCUT2D eigenvalue weighted by Gasteiger charge is -1.96. The van der Waals surface area contributed by atoms with E-state index in [2.05, 4.69) is 37.3 Å². The maximum atomic E-state index is 7.52. The molecule has 1 aromatic heterocycles. The Morgan fingerprint density at radius 2 is 2.15 bits per heavy atom. The molecule has 20 heavy (non-hydrogen) atoms. The summed E-state index contributed by atoms with van der Waals surface area (Å²) < 4.78 is 1.20. The molecule has 2 rings (SSSR count). The average Bonchev–Trinajstić information content (AvgIpc) is 2.83. The number of nitrogen functional groups attached to an aromatic ring is 1. The predicted octanol–water partition coefficient (Wildman–Crippen LogP) is 5.20. The van der Waals surface area contributed by atoms with Gasteiger partial charge < -0.3 is 5.73 Å². The van der Waals surface area contributed by atoms with E-state index < -0.39 is 0 Å². The van der Waals surface area contributed by atoms with Crippen LogP contribution in [-0.4, -0.2) is 5.84 Å². The van der Waals surface area contributed by atoms with Crippen molar-refractivity contribution in [3.63, 3.8) is 0 Å². The van der Waals surface area contributed by atoms with Crippen LogP contribution in [0.4, 0.5) is 0 Å². The molecule has 0 aliphatic heterocycles. The molecule has 0 aliphatic carbocycles. The van der Waals surface area contributed by atoms with Gasteiger partial charge in [0.2, 0.25) is 0 Å². The first-order chi connectivity index (χ1) is 9.22. The molecular formula is C16H21ClN2S. The number of hydrogen-bond donors (Lipinski definition) is 2. The molecule has 2 aromatic rings. The number of halogens is 1. The monoisotopic (exact) mass is 308 g/mol. The van der Waals surface area contributed by atoms with Crippen molar-refractivity contribution in [2.24, 2.45) is 5.73 Å². The second kappa shape index (κ2) is 8.08. The molecule has 0 fully saturated rings. The zero-order valence-corrected chi connectivity index (χ0v) is 13.3. The summed E-state index contributed by atoms with van der Waals surface area (Å²) in [4.78, 5) is 0.849. The van der Waals surface area contributed by atoms with E-state index in [1.54, 1.807) is 11.3 Å². The maximum Gasteiger partial charge on any atom is 0.133 e. The fourth-order valence-electron chi connectivity index (χ4n) is 2.08. The molecule has 0 aliphatic rings. The highest BCUT2D eigenvalue weighted by Gasteiger charge is 2.06. The molecule has 1 aromatic carbocycles. The smallest absolute Gasteiger partial charge is 0.133 e. The fourth-order valence-corrected chi connectivity index (χ4v) is 3.04. The van der Waals surface area contributed by atoms with Gasteiger partial charge in [0.25, 0.3) is 0 Å². The van der Waals surface area contributed by atoms with Gasteiger partial charge in [-0.1, -0.05) is 44.1 Å². The number of rotatable bonds is 6. The van der Waals surface area contributed by atoms with E-state index in [1.165, 1.54) is 34.9 Å². The molecule has 0 radical (unpaired) electrons. The number of unbranched alkanes of at least 4 members (excludes halogenated alkanes) is 3. The van der Waals surface area contributed by atoms with Gasteiger partial charge in [0, 0.05) is 10.1 Å². The highest BCUT2D eigenvalue weighted by atomic mass is 35.5. The Bertz CT molecular complexity index is 602. The Kier molecular flexibility index (Phi) is 6.76. The molecule has 0 unspecified atom stereocenters. The first kappa shape index (κ1) is 16.7. The molecule has 1 heterocycles. The van der Waals surface area contributed by atoms with Crippen LogP contribution in [0.5, 0.6) is 0 Å². The number of benzene rings is 1. The van der Waals surface area contributed by atoms with Gasteiger partial charge in [0.1, 0.15) is 5.84 Å². The Hall–Kier alpha value is -1.32. The van der Waals surface area contributed by atoms with Gasteiger partial charge in [-0.25, -0.2) is 0 Å². The first-order valence-corrected chi connectivity index (χ1v) is 7.57. The molecule has 4 heteroatoms. The quantitative estimate of drug-likeness (QED) is 0.430. The number of fused-ring (bicyclic) bond motifs is 1. The summed E-state index contributed by atoms with van der Waals surface area (Å²) >= 11 is 1.58.